The molecule has 0 N–H and O–H groups in total. The first kappa shape index (κ1) is 25.8. The summed E-state index contributed by atoms with van der Waals surface area (Å²) in [7, 11) is 0. The van der Waals surface area contributed by atoms with Gasteiger partial charge in [-0.25, -0.2) is 0 Å². The normalized spacial score (nSPS) is 21.2. The molecule has 3 aromatic carbocycles. The molecule has 0 saturated heterocycles. The lowest BCUT2D eigenvalue weighted by atomic mass is 9.65. The van der Waals surface area contributed by atoms with Crippen molar-refractivity contribution in [3.63, 3.8) is 0 Å². The van der Waals surface area contributed by atoms with Crippen molar-refractivity contribution in [2.45, 2.75) is 77.0 Å². The van der Waals surface area contributed by atoms with Gasteiger partial charge in [0, 0.05) is 17.5 Å². The van der Waals surface area contributed by atoms with Crippen molar-refractivity contribution in [3.05, 3.63) is 106 Å². The van der Waals surface area contributed by atoms with Gasteiger partial charge in [0.25, 0.3) is 0 Å². The van der Waals surface area contributed by atoms with Gasteiger partial charge in [0.2, 0.25) is 0 Å². The standard InChI is InChI=1S/C33H36O3/c1-22(34)25-14-8-7-13-24(25)19-30(36)33(6)21-32(5,28-17-11-12-18-29(28)33)20-31(3,4)27-16-10-9-15-26(27)23(2)35/h7-18H,19-21H2,1-6H3. The van der Waals surface area contributed by atoms with E-state index in [-0.39, 0.29) is 34.6 Å². The summed E-state index contributed by atoms with van der Waals surface area (Å²) in [5.41, 5.74) is 4.30. The van der Waals surface area contributed by atoms with Crippen LogP contribution in [0.4, 0.5) is 0 Å². The zero-order valence-corrected chi connectivity index (χ0v) is 22.3. The molecule has 0 saturated carbocycles. The number of benzene rings is 3. The number of fused-ring (bicyclic) bond motifs is 1. The molecule has 0 amide bonds. The summed E-state index contributed by atoms with van der Waals surface area (Å²) >= 11 is 0. The fourth-order valence-electron chi connectivity index (χ4n) is 6.70. The van der Waals surface area contributed by atoms with Crippen LogP contribution < -0.4 is 0 Å². The van der Waals surface area contributed by atoms with Gasteiger partial charge in [-0.2, -0.15) is 0 Å². The Labute approximate surface area is 214 Å². The van der Waals surface area contributed by atoms with Gasteiger partial charge in [-0.15, -0.1) is 0 Å². The molecule has 3 aromatic rings. The summed E-state index contributed by atoms with van der Waals surface area (Å²) in [5, 5.41) is 0. The van der Waals surface area contributed by atoms with E-state index in [1.165, 1.54) is 5.56 Å². The summed E-state index contributed by atoms with van der Waals surface area (Å²) in [6.45, 7) is 11.9. The van der Waals surface area contributed by atoms with Gasteiger partial charge in [0.1, 0.15) is 5.78 Å². The van der Waals surface area contributed by atoms with Crippen LogP contribution in [0.3, 0.4) is 0 Å². The van der Waals surface area contributed by atoms with Gasteiger partial charge >= 0.3 is 0 Å². The van der Waals surface area contributed by atoms with E-state index in [0.29, 0.717) is 12.0 Å². The minimum Gasteiger partial charge on any atom is -0.298 e. The highest BCUT2D eigenvalue weighted by molar-refractivity contribution is 5.99. The summed E-state index contributed by atoms with van der Waals surface area (Å²) < 4.78 is 0. The van der Waals surface area contributed by atoms with Crippen LogP contribution >= 0.6 is 0 Å². The maximum atomic E-state index is 14.0. The molecule has 2 atom stereocenters. The van der Waals surface area contributed by atoms with Crippen LogP contribution in [0.15, 0.2) is 72.8 Å². The smallest absolute Gasteiger partial charge is 0.160 e. The predicted molar refractivity (Wildman–Crippen MR) is 145 cm³/mol. The number of rotatable bonds is 8. The van der Waals surface area contributed by atoms with E-state index in [1.807, 2.05) is 42.5 Å². The van der Waals surface area contributed by atoms with Crippen LogP contribution in [0.25, 0.3) is 0 Å². The van der Waals surface area contributed by atoms with E-state index in [4.69, 9.17) is 0 Å². The average molecular weight is 481 g/mol. The molecule has 3 heteroatoms. The van der Waals surface area contributed by atoms with Gasteiger partial charge in [0.05, 0.1) is 5.41 Å². The SMILES string of the molecule is CC(=O)c1ccccc1CC(=O)C1(C)CC(C)(CC(C)(C)c2ccccc2C(C)=O)c2ccccc21. The van der Waals surface area contributed by atoms with E-state index in [2.05, 4.69) is 52.0 Å². The topological polar surface area (TPSA) is 51.2 Å². The summed E-state index contributed by atoms with van der Waals surface area (Å²) in [5.74, 6) is 0.181. The van der Waals surface area contributed by atoms with Crippen molar-refractivity contribution in [3.8, 4) is 0 Å². The zero-order chi connectivity index (χ0) is 26.3. The Kier molecular flexibility index (Phi) is 6.64. The molecule has 2 unspecified atom stereocenters. The van der Waals surface area contributed by atoms with Crippen LogP contribution in [0.5, 0.6) is 0 Å². The van der Waals surface area contributed by atoms with Gasteiger partial charge in [-0.1, -0.05) is 93.6 Å². The number of carbonyl (C=O) groups excluding carboxylic acids is 3. The lowest BCUT2D eigenvalue weighted by Crippen LogP contribution is -2.37. The van der Waals surface area contributed by atoms with E-state index >= 15 is 0 Å². The molecule has 186 valence electrons. The molecule has 0 aromatic heterocycles. The van der Waals surface area contributed by atoms with Crippen LogP contribution in [0.2, 0.25) is 0 Å². The number of carbonyl (C=O) groups is 3. The minimum absolute atomic E-state index is 0.0221. The lowest BCUT2D eigenvalue weighted by Gasteiger charge is -2.38. The van der Waals surface area contributed by atoms with Crippen LogP contribution in [-0.4, -0.2) is 17.3 Å². The van der Waals surface area contributed by atoms with Crippen LogP contribution in [0.1, 0.15) is 97.4 Å². The fourth-order valence-corrected chi connectivity index (χ4v) is 6.70. The summed E-state index contributed by atoms with van der Waals surface area (Å²) in [6, 6.07) is 23.6. The second-order valence-electron chi connectivity index (χ2n) is 11.6. The van der Waals surface area contributed by atoms with Gasteiger partial charge < -0.3 is 0 Å². The molecule has 0 radical (unpaired) electrons. The third kappa shape index (κ3) is 4.48. The number of hydrogen-bond donors (Lipinski definition) is 0. The number of ketones is 3. The van der Waals surface area contributed by atoms with E-state index in [9.17, 15) is 14.4 Å². The summed E-state index contributed by atoms with van der Waals surface area (Å²) in [4.78, 5) is 38.6. The quantitative estimate of drug-likeness (QED) is 0.321. The lowest BCUT2D eigenvalue weighted by molar-refractivity contribution is -0.123. The first-order chi connectivity index (χ1) is 16.9. The van der Waals surface area contributed by atoms with Gasteiger partial charge in [-0.05, 0) is 66.7 Å². The van der Waals surface area contributed by atoms with Crippen molar-refractivity contribution in [2.24, 2.45) is 0 Å². The van der Waals surface area contributed by atoms with Crippen molar-refractivity contribution in [2.75, 3.05) is 0 Å². The van der Waals surface area contributed by atoms with Gasteiger partial charge in [-0.3, -0.25) is 14.4 Å². The molecule has 1 aliphatic carbocycles. The highest BCUT2D eigenvalue weighted by atomic mass is 16.1. The van der Waals surface area contributed by atoms with Crippen molar-refractivity contribution >= 4 is 17.3 Å². The average Bonchev–Trinajstić information content (AvgIpc) is 3.06. The van der Waals surface area contributed by atoms with Crippen LogP contribution in [0, 0.1) is 0 Å². The first-order valence-electron chi connectivity index (χ1n) is 12.7. The van der Waals surface area contributed by atoms with Gasteiger partial charge in [0.15, 0.2) is 11.6 Å². The van der Waals surface area contributed by atoms with Crippen molar-refractivity contribution in [1.29, 1.82) is 0 Å². The maximum Gasteiger partial charge on any atom is 0.160 e. The van der Waals surface area contributed by atoms with E-state index in [0.717, 1.165) is 28.7 Å². The highest BCUT2D eigenvalue weighted by Crippen LogP contribution is 2.55. The Balaban J connectivity index is 1.72. The van der Waals surface area contributed by atoms with E-state index < -0.39 is 5.41 Å². The monoisotopic (exact) mass is 480 g/mol. The zero-order valence-electron chi connectivity index (χ0n) is 22.3. The molecule has 1 aliphatic rings. The molecule has 0 spiro atoms. The third-order valence-corrected chi connectivity index (χ3v) is 8.15. The second-order valence-corrected chi connectivity index (χ2v) is 11.6. The number of hydrogen-bond acceptors (Lipinski definition) is 3. The van der Waals surface area contributed by atoms with Crippen LogP contribution in [-0.2, 0) is 27.5 Å². The van der Waals surface area contributed by atoms with E-state index in [1.54, 1.807) is 19.9 Å². The molecule has 0 aliphatic heterocycles. The number of Topliss-reactive ketones (excluding diaryl/α,β-unsaturated/α-hetero) is 3. The summed E-state index contributed by atoms with van der Waals surface area (Å²) in [6.07, 6.45) is 1.72. The minimum atomic E-state index is -0.661. The molecular weight excluding hydrogens is 444 g/mol. The Morgan fingerprint density at radius 3 is 1.92 bits per heavy atom. The van der Waals surface area contributed by atoms with Crippen molar-refractivity contribution < 1.29 is 14.4 Å². The first-order valence-corrected chi connectivity index (χ1v) is 12.7. The molecule has 3 nitrogen and oxygen atoms in total. The molecular formula is C33H36O3. The second kappa shape index (κ2) is 9.28. The Bertz CT molecular complexity index is 1350. The molecule has 0 bridgehead atoms. The third-order valence-electron chi connectivity index (χ3n) is 8.15. The maximum absolute atomic E-state index is 14.0. The molecule has 0 fully saturated rings. The Hall–Kier alpha value is -3.33. The Morgan fingerprint density at radius 2 is 1.28 bits per heavy atom. The molecule has 4 rings (SSSR count). The molecule has 36 heavy (non-hydrogen) atoms. The van der Waals surface area contributed by atoms with Crippen molar-refractivity contribution in [1.82, 2.24) is 0 Å². The Morgan fingerprint density at radius 1 is 0.750 bits per heavy atom. The fraction of sp³-hybridized carbons (Fsp3) is 0.364. The highest BCUT2D eigenvalue weighted by Gasteiger charge is 2.52. The predicted octanol–water partition coefficient (Wildman–Crippen LogP) is 7.19. The molecule has 0 heterocycles. The largest absolute Gasteiger partial charge is 0.298 e.